The summed E-state index contributed by atoms with van der Waals surface area (Å²) in [5, 5.41) is 8.53. The van der Waals surface area contributed by atoms with Gasteiger partial charge in [-0.2, -0.15) is 4.68 Å². The van der Waals surface area contributed by atoms with E-state index in [0.29, 0.717) is 11.6 Å². The van der Waals surface area contributed by atoms with Crippen molar-refractivity contribution in [2.24, 2.45) is 0 Å². The van der Waals surface area contributed by atoms with Crippen LogP contribution in [0.5, 0.6) is 0 Å². The van der Waals surface area contributed by atoms with Gasteiger partial charge in [0.1, 0.15) is 0 Å². The third-order valence-electron chi connectivity index (χ3n) is 5.00. The Morgan fingerprint density at radius 1 is 1.03 bits per heavy atom. The Morgan fingerprint density at radius 2 is 1.77 bits per heavy atom. The lowest BCUT2D eigenvalue weighted by atomic mass is 10.1. The first-order valence-electron chi connectivity index (χ1n) is 9.74. The summed E-state index contributed by atoms with van der Waals surface area (Å²) in [6.07, 6.45) is 2.22. The molecule has 4 aromatic rings. The van der Waals surface area contributed by atoms with Crippen LogP contribution in [-0.4, -0.2) is 9.78 Å². The molecule has 1 aliphatic heterocycles. The highest BCUT2D eigenvalue weighted by atomic mass is 35.5. The summed E-state index contributed by atoms with van der Waals surface area (Å²) >= 11 is 7.89. The Hall–Kier alpha value is -3.22. The SMILES string of the molecule is Cc1nn(-c2ccc(C3=CC(c4ccc(Cl)cc4)Sc4ccccc4N3)cc2)c(=O)o1. The molecule has 2 heterocycles. The number of fused-ring (bicyclic) bond motifs is 1. The Labute approximate surface area is 188 Å². The van der Waals surface area contributed by atoms with Crippen LogP contribution < -0.4 is 11.1 Å². The van der Waals surface area contributed by atoms with Gasteiger partial charge in [0.25, 0.3) is 0 Å². The first-order valence-corrected chi connectivity index (χ1v) is 11.0. The zero-order valence-electron chi connectivity index (χ0n) is 16.6. The number of hydrogen-bond acceptors (Lipinski definition) is 5. The summed E-state index contributed by atoms with van der Waals surface area (Å²) < 4.78 is 6.26. The lowest BCUT2D eigenvalue weighted by molar-refractivity contribution is 0.477. The summed E-state index contributed by atoms with van der Waals surface area (Å²) in [6.45, 7) is 1.65. The number of nitrogens with zero attached hydrogens (tertiary/aromatic N) is 2. The zero-order valence-corrected chi connectivity index (χ0v) is 18.2. The Balaban J connectivity index is 1.55. The molecule has 154 valence electrons. The molecule has 0 spiro atoms. The normalized spacial score (nSPS) is 15.5. The van der Waals surface area contributed by atoms with Crippen LogP contribution in [0.15, 0.2) is 93.0 Å². The van der Waals surface area contributed by atoms with E-state index in [1.54, 1.807) is 18.7 Å². The van der Waals surface area contributed by atoms with Crippen molar-refractivity contribution in [2.75, 3.05) is 5.32 Å². The van der Waals surface area contributed by atoms with E-state index in [2.05, 4.69) is 40.8 Å². The number of anilines is 1. The van der Waals surface area contributed by atoms with Crippen LogP contribution in [0.3, 0.4) is 0 Å². The fraction of sp³-hybridized carbons (Fsp3) is 0.0833. The molecular formula is C24H18ClN3O2S. The number of halogens is 1. The number of rotatable bonds is 3. The van der Waals surface area contributed by atoms with Crippen molar-refractivity contribution in [1.82, 2.24) is 9.78 Å². The van der Waals surface area contributed by atoms with Crippen molar-refractivity contribution in [2.45, 2.75) is 17.1 Å². The Kier molecular flexibility index (Phi) is 5.18. The van der Waals surface area contributed by atoms with Crippen LogP contribution in [-0.2, 0) is 0 Å². The van der Waals surface area contributed by atoms with Gasteiger partial charge in [-0.1, -0.05) is 48.0 Å². The Bertz CT molecular complexity index is 1320. The lowest BCUT2D eigenvalue weighted by Gasteiger charge is -2.13. The quantitative estimate of drug-likeness (QED) is 0.412. The fourth-order valence-electron chi connectivity index (χ4n) is 3.48. The van der Waals surface area contributed by atoms with Crippen LogP contribution >= 0.6 is 23.4 Å². The van der Waals surface area contributed by atoms with E-state index in [1.165, 1.54) is 15.1 Å². The second-order valence-corrected chi connectivity index (χ2v) is 8.76. The molecule has 0 radical (unpaired) electrons. The van der Waals surface area contributed by atoms with Crippen LogP contribution in [0, 0.1) is 6.92 Å². The number of aromatic nitrogens is 2. The lowest BCUT2D eigenvalue weighted by Crippen LogP contribution is -2.13. The molecule has 1 aliphatic rings. The van der Waals surface area contributed by atoms with Gasteiger partial charge in [0.2, 0.25) is 5.89 Å². The molecule has 7 heteroatoms. The second-order valence-electron chi connectivity index (χ2n) is 7.14. The molecule has 0 aliphatic carbocycles. The van der Waals surface area contributed by atoms with Gasteiger partial charge in [-0.25, -0.2) is 4.79 Å². The smallest absolute Gasteiger partial charge is 0.392 e. The first kappa shape index (κ1) is 19.7. The number of hydrogen-bond donors (Lipinski definition) is 1. The van der Waals surface area contributed by atoms with E-state index in [0.717, 1.165) is 22.0 Å². The third-order valence-corrected chi connectivity index (χ3v) is 6.52. The Morgan fingerprint density at radius 3 is 2.48 bits per heavy atom. The van der Waals surface area contributed by atoms with Crippen LogP contribution in [0.25, 0.3) is 11.4 Å². The molecule has 1 N–H and O–H groups in total. The minimum atomic E-state index is -0.495. The number of aryl methyl sites for hydroxylation is 1. The minimum Gasteiger partial charge on any atom is -0.392 e. The van der Waals surface area contributed by atoms with Gasteiger partial charge in [-0.15, -0.1) is 16.9 Å². The van der Waals surface area contributed by atoms with E-state index in [-0.39, 0.29) is 5.25 Å². The van der Waals surface area contributed by atoms with E-state index in [9.17, 15) is 4.79 Å². The topological polar surface area (TPSA) is 60.1 Å². The summed E-state index contributed by atoms with van der Waals surface area (Å²) in [4.78, 5) is 13.1. The van der Waals surface area contributed by atoms with E-state index < -0.39 is 5.76 Å². The molecule has 0 saturated carbocycles. The highest BCUT2D eigenvalue weighted by molar-refractivity contribution is 7.99. The highest BCUT2D eigenvalue weighted by Gasteiger charge is 2.19. The third kappa shape index (κ3) is 4.04. The summed E-state index contributed by atoms with van der Waals surface area (Å²) in [5.41, 5.74) is 4.89. The maximum atomic E-state index is 11.9. The van der Waals surface area contributed by atoms with Gasteiger partial charge in [-0.05, 0) is 53.6 Å². The van der Waals surface area contributed by atoms with Crippen molar-refractivity contribution in [3.05, 3.63) is 111 Å². The van der Waals surface area contributed by atoms with E-state index >= 15 is 0 Å². The largest absolute Gasteiger partial charge is 0.441 e. The van der Waals surface area contributed by atoms with E-state index in [4.69, 9.17) is 16.0 Å². The average molecular weight is 448 g/mol. The zero-order chi connectivity index (χ0) is 21.4. The molecule has 5 rings (SSSR count). The number of nitrogens with one attached hydrogen (secondary N) is 1. The van der Waals surface area contributed by atoms with Gasteiger partial charge in [0.15, 0.2) is 0 Å². The fourth-order valence-corrected chi connectivity index (χ4v) is 4.78. The van der Waals surface area contributed by atoms with Crippen molar-refractivity contribution >= 4 is 34.7 Å². The molecule has 0 fully saturated rings. The summed E-state index contributed by atoms with van der Waals surface area (Å²) in [7, 11) is 0. The number of para-hydroxylation sites is 1. The van der Waals surface area contributed by atoms with Crippen LogP contribution in [0.4, 0.5) is 5.69 Å². The molecule has 5 nitrogen and oxygen atoms in total. The van der Waals surface area contributed by atoms with Gasteiger partial charge >= 0.3 is 5.76 Å². The maximum Gasteiger partial charge on any atom is 0.441 e. The molecular weight excluding hydrogens is 430 g/mol. The predicted octanol–water partition coefficient (Wildman–Crippen LogP) is 6.09. The van der Waals surface area contributed by atoms with Crippen LogP contribution in [0.2, 0.25) is 5.02 Å². The van der Waals surface area contributed by atoms with Gasteiger partial charge in [-0.3, -0.25) is 0 Å². The van der Waals surface area contributed by atoms with Crippen molar-refractivity contribution in [3.63, 3.8) is 0 Å². The monoisotopic (exact) mass is 447 g/mol. The second kappa shape index (κ2) is 8.13. The van der Waals surface area contributed by atoms with Crippen molar-refractivity contribution in [3.8, 4) is 5.69 Å². The van der Waals surface area contributed by atoms with Gasteiger partial charge < -0.3 is 9.73 Å². The highest BCUT2D eigenvalue weighted by Crippen LogP contribution is 2.44. The van der Waals surface area contributed by atoms with Crippen molar-refractivity contribution in [1.29, 1.82) is 0 Å². The molecule has 1 aromatic heterocycles. The first-order chi connectivity index (χ1) is 15.1. The van der Waals surface area contributed by atoms with Gasteiger partial charge in [0.05, 0.1) is 16.6 Å². The van der Waals surface area contributed by atoms with Crippen LogP contribution in [0.1, 0.15) is 22.3 Å². The summed E-state index contributed by atoms with van der Waals surface area (Å²) in [6, 6.07) is 23.9. The molecule has 0 saturated heterocycles. The standard InChI is InChI=1S/C24H18ClN3O2S/c1-15-27-28(24(29)30-15)19-12-8-16(9-13-19)21-14-23(17-6-10-18(25)11-7-17)31-22-5-3-2-4-20(22)26-21/h2-14,23,26H,1H3. The number of benzene rings is 3. The van der Waals surface area contributed by atoms with Gasteiger partial charge in [0, 0.05) is 22.5 Å². The summed E-state index contributed by atoms with van der Waals surface area (Å²) in [5.74, 6) is -0.160. The molecule has 31 heavy (non-hydrogen) atoms. The van der Waals surface area contributed by atoms with Crippen molar-refractivity contribution < 1.29 is 4.42 Å². The average Bonchev–Trinajstić information content (AvgIpc) is 3.00. The molecule has 3 aromatic carbocycles. The van der Waals surface area contributed by atoms with E-state index in [1.807, 2.05) is 48.5 Å². The maximum absolute atomic E-state index is 11.9. The molecule has 0 amide bonds. The number of thioether (sulfide) groups is 1. The predicted molar refractivity (Wildman–Crippen MR) is 125 cm³/mol. The minimum absolute atomic E-state index is 0.115. The molecule has 1 unspecified atom stereocenters. The molecule has 1 atom stereocenters. The molecule has 0 bridgehead atoms.